The number of oxazole rings is 1. The Morgan fingerprint density at radius 1 is 1.12 bits per heavy atom. The lowest BCUT2D eigenvalue weighted by Crippen LogP contribution is -2.24. The summed E-state index contributed by atoms with van der Waals surface area (Å²) >= 11 is 0. The van der Waals surface area contributed by atoms with E-state index in [9.17, 15) is 4.79 Å². The Kier molecular flexibility index (Phi) is 7.33. The molecule has 3 N–H and O–H groups in total. The Morgan fingerprint density at radius 2 is 1.83 bits per heavy atom. The summed E-state index contributed by atoms with van der Waals surface area (Å²) in [5.74, 6) is 0.166. The summed E-state index contributed by atoms with van der Waals surface area (Å²) in [7, 11) is 0. The summed E-state index contributed by atoms with van der Waals surface area (Å²) in [4.78, 5) is 16.3. The van der Waals surface area contributed by atoms with Gasteiger partial charge in [-0.05, 0) is 18.6 Å². The molecule has 5 heteroatoms. The SMILES string of the molecule is CCCCCCCCCNC(=O)c1coc(-c2ccccc2N)n1. The average molecular weight is 329 g/mol. The van der Waals surface area contributed by atoms with E-state index in [4.69, 9.17) is 10.2 Å². The van der Waals surface area contributed by atoms with E-state index in [1.807, 2.05) is 18.2 Å². The van der Waals surface area contributed by atoms with Gasteiger partial charge in [0.05, 0.1) is 5.56 Å². The second-order valence-corrected chi connectivity index (χ2v) is 6.00. The molecule has 24 heavy (non-hydrogen) atoms. The van der Waals surface area contributed by atoms with Gasteiger partial charge in [-0.15, -0.1) is 0 Å². The van der Waals surface area contributed by atoms with Crippen LogP contribution in [-0.4, -0.2) is 17.4 Å². The molecule has 0 atom stereocenters. The predicted molar refractivity (Wildman–Crippen MR) is 96.7 cm³/mol. The van der Waals surface area contributed by atoms with E-state index in [1.54, 1.807) is 6.07 Å². The molecular weight excluding hydrogens is 302 g/mol. The number of carbonyl (C=O) groups excluding carboxylic acids is 1. The number of hydrogen-bond donors (Lipinski definition) is 2. The first-order chi connectivity index (χ1) is 11.7. The van der Waals surface area contributed by atoms with Gasteiger partial charge in [-0.2, -0.15) is 0 Å². The van der Waals surface area contributed by atoms with Crippen LogP contribution in [0.4, 0.5) is 5.69 Å². The molecule has 5 nitrogen and oxygen atoms in total. The molecule has 1 aromatic heterocycles. The zero-order valence-electron chi connectivity index (χ0n) is 14.4. The Balaban J connectivity index is 1.73. The summed E-state index contributed by atoms with van der Waals surface area (Å²) in [5.41, 5.74) is 7.46. The minimum absolute atomic E-state index is 0.203. The number of unbranched alkanes of at least 4 members (excludes halogenated alkanes) is 6. The number of benzene rings is 1. The first kappa shape index (κ1) is 18.0. The lowest BCUT2D eigenvalue weighted by Gasteiger charge is -2.03. The summed E-state index contributed by atoms with van der Waals surface area (Å²) in [5, 5.41) is 2.89. The molecule has 0 radical (unpaired) electrons. The van der Waals surface area contributed by atoms with E-state index in [0.717, 1.165) is 12.8 Å². The van der Waals surface area contributed by atoms with E-state index >= 15 is 0 Å². The van der Waals surface area contributed by atoms with Crippen LogP contribution in [0.1, 0.15) is 62.4 Å². The summed E-state index contributed by atoms with van der Waals surface area (Å²) < 4.78 is 5.38. The maximum atomic E-state index is 12.1. The van der Waals surface area contributed by atoms with Gasteiger partial charge in [0.1, 0.15) is 6.26 Å². The number of anilines is 1. The van der Waals surface area contributed by atoms with Crippen LogP contribution >= 0.6 is 0 Å². The third-order valence-corrected chi connectivity index (χ3v) is 3.99. The molecule has 0 spiro atoms. The minimum atomic E-state index is -0.203. The Labute approximate surface area is 143 Å². The zero-order valence-corrected chi connectivity index (χ0v) is 14.4. The second-order valence-electron chi connectivity index (χ2n) is 6.00. The highest BCUT2D eigenvalue weighted by Gasteiger charge is 2.14. The van der Waals surface area contributed by atoms with Gasteiger partial charge in [0, 0.05) is 12.2 Å². The minimum Gasteiger partial charge on any atom is -0.444 e. The fourth-order valence-corrected chi connectivity index (χ4v) is 2.57. The molecule has 0 fully saturated rings. The number of amides is 1. The van der Waals surface area contributed by atoms with Crippen LogP contribution in [0.15, 0.2) is 34.9 Å². The fourth-order valence-electron chi connectivity index (χ4n) is 2.57. The monoisotopic (exact) mass is 329 g/mol. The number of nitrogen functional groups attached to an aromatic ring is 1. The van der Waals surface area contributed by atoms with E-state index < -0.39 is 0 Å². The van der Waals surface area contributed by atoms with Crippen LogP contribution in [0, 0.1) is 0 Å². The zero-order chi connectivity index (χ0) is 17.2. The molecule has 0 saturated carbocycles. The number of hydrogen-bond acceptors (Lipinski definition) is 4. The topological polar surface area (TPSA) is 81.2 Å². The van der Waals surface area contributed by atoms with Crippen molar-refractivity contribution in [2.45, 2.75) is 51.9 Å². The number of carbonyl (C=O) groups is 1. The van der Waals surface area contributed by atoms with Crippen LogP contribution < -0.4 is 11.1 Å². The summed E-state index contributed by atoms with van der Waals surface area (Å²) in [6.45, 7) is 2.89. The quantitative estimate of drug-likeness (QED) is 0.500. The third kappa shape index (κ3) is 5.41. The molecule has 130 valence electrons. The van der Waals surface area contributed by atoms with E-state index in [0.29, 0.717) is 23.7 Å². The fraction of sp³-hybridized carbons (Fsp3) is 0.474. The standard InChI is InChI=1S/C19H27N3O2/c1-2-3-4-5-6-7-10-13-21-18(23)17-14-24-19(22-17)15-11-8-9-12-16(15)20/h8-9,11-12,14H,2-7,10,13,20H2,1H3,(H,21,23). The van der Waals surface area contributed by atoms with Crippen molar-refractivity contribution in [2.75, 3.05) is 12.3 Å². The van der Waals surface area contributed by atoms with Gasteiger partial charge in [0.15, 0.2) is 5.69 Å². The van der Waals surface area contributed by atoms with Gasteiger partial charge < -0.3 is 15.5 Å². The van der Waals surface area contributed by atoms with E-state index in [-0.39, 0.29) is 11.6 Å². The molecule has 0 aliphatic carbocycles. The highest BCUT2D eigenvalue weighted by molar-refractivity contribution is 5.92. The molecule has 1 aromatic carbocycles. The first-order valence-electron chi connectivity index (χ1n) is 8.81. The van der Waals surface area contributed by atoms with Crippen LogP contribution in [0.2, 0.25) is 0 Å². The van der Waals surface area contributed by atoms with Crippen molar-refractivity contribution >= 4 is 11.6 Å². The molecule has 0 bridgehead atoms. The molecular formula is C19H27N3O2. The lowest BCUT2D eigenvalue weighted by atomic mass is 10.1. The van der Waals surface area contributed by atoms with Crippen molar-refractivity contribution in [3.63, 3.8) is 0 Å². The molecule has 0 aliphatic rings. The predicted octanol–water partition coefficient (Wildman–Crippen LogP) is 4.40. The number of rotatable bonds is 10. The van der Waals surface area contributed by atoms with Gasteiger partial charge in [-0.3, -0.25) is 4.79 Å². The van der Waals surface area contributed by atoms with Gasteiger partial charge >= 0.3 is 0 Å². The van der Waals surface area contributed by atoms with Crippen LogP contribution in [0.25, 0.3) is 11.5 Å². The number of nitrogens with zero attached hydrogens (tertiary/aromatic N) is 1. The van der Waals surface area contributed by atoms with Gasteiger partial charge in [0.25, 0.3) is 5.91 Å². The largest absolute Gasteiger partial charge is 0.444 e. The summed E-state index contributed by atoms with van der Waals surface area (Å²) in [6, 6.07) is 7.30. The number of nitrogens with one attached hydrogen (secondary N) is 1. The van der Waals surface area contributed by atoms with Gasteiger partial charge in [0.2, 0.25) is 5.89 Å². The normalized spacial score (nSPS) is 10.7. The second kappa shape index (κ2) is 9.75. The molecule has 1 amide bonds. The van der Waals surface area contributed by atoms with Crippen LogP contribution in [0.3, 0.4) is 0 Å². The lowest BCUT2D eigenvalue weighted by molar-refractivity contribution is 0.0948. The van der Waals surface area contributed by atoms with Crippen molar-refractivity contribution in [1.82, 2.24) is 10.3 Å². The van der Waals surface area contributed by atoms with E-state index in [1.165, 1.54) is 38.4 Å². The smallest absolute Gasteiger partial charge is 0.273 e. The van der Waals surface area contributed by atoms with Crippen molar-refractivity contribution in [2.24, 2.45) is 0 Å². The number of nitrogens with two attached hydrogens (primary N) is 1. The molecule has 0 aliphatic heterocycles. The van der Waals surface area contributed by atoms with Crippen LogP contribution in [-0.2, 0) is 0 Å². The van der Waals surface area contributed by atoms with Crippen molar-refractivity contribution in [1.29, 1.82) is 0 Å². The number of para-hydroxylation sites is 1. The summed E-state index contributed by atoms with van der Waals surface area (Å²) in [6.07, 6.45) is 9.93. The molecule has 1 heterocycles. The maximum absolute atomic E-state index is 12.1. The highest BCUT2D eigenvalue weighted by atomic mass is 16.3. The van der Waals surface area contributed by atoms with Crippen molar-refractivity contribution in [3.8, 4) is 11.5 Å². The van der Waals surface area contributed by atoms with Crippen LogP contribution in [0.5, 0.6) is 0 Å². The highest BCUT2D eigenvalue weighted by Crippen LogP contribution is 2.24. The van der Waals surface area contributed by atoms with Gasteiger partial charge in [-0.1, -0.05) is 57.6 Å². The first-order valence-corrected chi connectivity index (χ1v) is 8.81. The Hall–Kier alpha value is -2.30. The third-order valence-electron chi connectivity index (χ3n) is 3.99. The van der Waals surface area contributed by atoms with Crippen molar-refractivity contribution < 1.29 is 9.21 Å². The van der Waals surface area contributed by atoms with Crippen molar-refractivity contribution in [3.05, 3.63) is 36.2 Å². The average Bonchev–Trinajstić information content (AvgIpc) is 3.07. The van der Waals surface area contributed by atoms with E-state index in [2.05, 4.69) is 17.2 Å². The molecule has 2 aromatic rings. The molecule has 0 saturated heterocycles. The molecule has 2 rings (SSSR count). The maximum Gasteiger partial charge on any atom is 0.273 e. The van der Waals surface area contributed by atoms with Gasteiger partial charge in [-0.25, -0.2) is 4.98 Å². The number of aromatic nitrogens is 1. The Bertz CT molecular complexity index is 637. The Morgan fingerprint density at radius 3 is 2.58 bits per heavy atom. The molecule has 0 unspecified atom stereocenters.